The first-order valence-electron chi connectivity index (χ1n) is 10.3. The summed E-state index contributed by atoms with van der Waals surface area (Å²) in [7, 11) is 4.81. The highest BCUT2D eigenvalue weighted by atomic mass is 16.5. The lowest BCUT2D eigenvalue weighted by Crippen LogP contribution is -2.29. The molecule has 1 aliphatic heterocycles. The van der Waals surface area contributed by atoms with Gasteiger partial charge in [-0.05, 0) is 47.0 Å². The predicted octanol–water partition coefficient (Wildman–Crippen LogP) is 4.30. The average molecular weight is 421 g/mol. The van der Waals surface area contributed by atoms with E-state index < -0.39 is 0 Å². The SMILES string of the molecule is COc1ccc(-c2cccc3cc(C(=O)NCC4CCOC4)ccc23)c(OC)c1OC. The molecule has 1 N–H and O–H groups in total. The third-order valence-corrected chi connectivity index (χ3v) is 5.71. The van der Waals surface area contributed by atoms with Gasteiger partial charge in [0.15, 0.2) is 11.5 Å². The number of rotatable bonds is 7. The highest BCUT2D eigenvalue weighted by Crippen LogP contribution is 2.45. The first-order chi connectivity index (χ1) is 15.2. The molecule has 1 fully saturated rings. The molecule has 0 saturated carbocycles. The van der Waals surface area contributed by atoms with Crippen LogP contribution in [0, 0.1) is 5.92 Å². The number of methoxy groups -OCH3 is 3. The van der Waals surface area contributed by atoms with Crippen molar-refractivity contribution in [2.75, 3.05) is 41.1 Å². The number of benzene rings is 3. The Morgan fingerprint density at radius 1 is 1.00 bits per heavy atom. The third kappa shape index (κ3) is 4.16. The Morgan fingerprint density at radius 2 is 1.84 bits per heavy atom. The Bertz CT molecular complexity index is 1090. The molecule has 0 bridgehead atoms. The van der Waals surface area contributed by atoms with E-state index in [0.717, 1.165) is 34.9 Å². The van der Waals surface area contributed by atoms with Crippen molar-refractivity contribution < 1.29 is 23.7 Å². The van der Waals surface area contributed by atoms with Crippen LogP contribution in [0.1, 0.15) is 16.8 Å². The molecule has 1 amide bonds. The summed E-state index contributed by atoms with van der Waals surface area (Å²) in [6.07, 6.45) is 0.995. The molecular weight excluding hydrogens is 394 g/mol. The summed E-state index contributed by atoms with van der Waals surface area (Å²) >= 11 is 0. The fraction of sp³-hybridized carbons (Fsp3) is 0.320. The molecule has 1 atom stereocenters. The topological polar surface area (TPSA) is 66.0 Å². The number of ether oxygens (including phenoxy) is 4. The highest BCUT2D eigenvalue weighted by molar-refractivity contribution is 6.03. The summed E-state index contributed by atoms with van der Waals surface area (Å²) in [5.41, 5.74) is 2.53. The summed E-state index contributed by atoms with van der Waals surface area (Å²) < 4.78 is 22.0. The first kappa shape index (κ1) is 21.0. The molecule has 162 valence electrons. The molecule has 0 radical (unpaired) electrons. The van der Waals surface area contributed by atoms with Crippen molar-refractivity contribution >= 4 is 16.7 Å². The zero-order valence-corrected chi connectivity index (χ0v) is 18.1. The number of hydrogen-bond acceptors (Lipinski definition) is 5. The van der Waals surface area contributed by atoms with E-state index in [1.54, 1.807) is 21.3 Å². The van der Waals surface area contributed by atoms with E-state index in [1.165, 1.54) is 0 Å². The Kier molecular flexibility index (Phi) is 6.28. The van der Waals surface area contributed by atoms with Crippen molar-refractivity contribution in [2.24, 2.45) is 5.92 Å². The lowest BCUT2D eigenvalue weighted by molar-refractivity contribution is 0.0945. The molecule has 4 rings (SSSR count). The second-order valence-corrected chi connectivity index (χ2v) is 7.56. The summed E-state index contributed by atoms with van der Waals surface area (Å²) in [6, 6.07) is 15.6. The summed E-state index contributed by atoms with van der Waals surface area (Å²) in [4.78, 5) is 12.7. The van der Waals surface area contributed by atoms with Gasteiger partial charge in [0.1, 0.15) is 0 Å². The van der Waals surface area contributed by atoms with Crippen molar-refractivity contribution in [2.45, 2.75) is 6.42 Å². The van der Waals surface area contributed by atoms with Gasteiger partial charge in [0, 0.05) is 30.2 Å². The number of carbonyl (C=O) groups is 1. The van der Waals surface area contributed by atoms with Gasteiger partial charge in [-0.1, -0.05) is 24.3 Å². The quantitative estimate of drug-likeness (QED) is 0.616. The highest BCUT2D eigenvalue weighted by Gasteiger charge is 2.19. The van der Waals surface area contributed by atoms with Crippen LogP contribution in [0.5, 0.6) is 17.2 Å². The Labute approximate surface area is 182 Å². The second-order valence-electron chi connectivity index (χ2n) is 7.56. The van der Waals surface area contributed by atoms with Gasteiger partial charge in [0.2, 0.25) is 5.75 Å². The van der Waals surface area contributed by atoms with E-state index in [9.17, 15) is 4.79 Å². The molecular formula is C25H27NO5. The van der Waals surface area contributed by atoms with Crippen molar-refractivity contribution in [1.29, 1.82) is 0 Å². The van der Waals surface area contributed by atoms with Crippen LogP contribution in [0.2, 0.25) is 0 Å². The van der Waals surface area contributed by atoms with Gasteiger partial charge in [-0.15, -0.1) is 0 Å². The molecule has 0 aromatic heterocycles. The van der Waals surface area contributed by atoms with Gasteiger partial charge in [0.25, 0.3) is 5.91 Å². The van der Waals surface area contributed by atoms with Crippen LogP contribution in [0.25, 0.3) is 21.9 Å². The smallest absolute Gasteiger partial charge is 0.251 e. The molecule has 1 heterocycles. The Balaban J connectivity index is 1.68. The van der Waals surface area contributed by atoms with Gasteiger partial charge in [0.05, 0.1) is 27.9 Å². The first-order valence-corrected chi connectivity index (χ1v) is 10.3. The van der Waals surface area contributed by atoms with Gasteiger partial charge < -0.3 is 24.3 Å². The van der Waals surface area contributed by atoms with E-state index >= 15 is 0 Å². The molecule has 1 aliphatic rings. The molecule has 3 aromatic carbocycles. The van der Waals surface area contributed by atoms with Crippen LogP contribution in [0.3, 0.4) is 0 Å². The van der Waals surface area contributed by atoms with Gasteiger partial charge in [-0.25, -0.2) is 0 Å². The second kappa shape index (κ2) is 9.27. The fourth-order valence-corrected chi connectivity index (χ4v) is 4.06. The third-order valence-electron chi connectivity index (χ3n) is 5.71. The number of nitrogens with one attached hydrogen (secondary N) is 1. The molecule has 3 aromatic rings. The summed E-state index contributed by atoms with van der Waals surface area (Å²) in [5, 5.41) is 5.03. The molecule has 31 heavy (non-hydrogen) atoms. The van der Waals surface area contributed by atoms with Crippen LogP contribution in [-0.4, -0.2) is 47.0 Å². The minimum Gasteiger partial charge on any atom is -0.493 e. The normalized spacial score (nSPS) is 15.6. The van der Waals surface area contributed by atoms with Crippen LogP contribution >= 0.6 is 0 Å². The number of fused-ring (bicyclic) bond motifs is 1. The summed E-state index contributed by atoms with van der Waals surface area (Å²) in [5.74, 6) is 2.09. The van der Waals surface area contributed by atoms with E-state index in [4.69, 9.17) is 18.9 Å². The largest absolute Gasteiger partial charge is 0.493 e. The lowest BCUT2D eigenvalue weighted by atomic mass is 9.95. The maximum Gasteiger partial charge on any atom is 0.251 e. The van der Waals surface area contributed by atoms with Crippen molar-refractivity contribution in [1.82, 2.24) is 5.32 Å². The number of amides is 1. The van der Waals surface area contributed by atoms with Crippen LogP contribution in [0.4, 0.5) is 0 Å². The summed E-state index contributed by atoms with van der Waals surface area (Å²) in [6.45, 7) is 2.13. The van der Waals surface area contributed by atoms with E-state index in [-0.39, 0.29) is 5.91 Å². The fourth-order valence-electron chi connectivity index (χ4n) is 4.06. The van der Waals surface area contributed by atoms with Crippen LogP contribution in [0.15, 0.2) is 48.5 Å². The number of carbonyl (C=O) groups excluding carboxylic acids is 1. The molecule has 0 spiro atoms. The Morgan fingerprint density at radius 3 is 2.55 bits per heavy atom. The van der Waals surface area contributed by atoms with Crippen molar-refractivity contribution in [3.8, 4) is 28.4 Å². The molecule has 6 nitrogen and oxygen atoms in total. The predicted molar refractivity (Wildman–Crippen MR) is 120 cm³/mol. The molecule has 0 aliphatic carbocycles. The van der Waals surface area contributed by atoms with Gasteiger partial charge in [-0.3, -0.25) is 4.79 Å². The number of hydrogen-bond donors (Lipinski definition) is 1. The van der Waals surface area contributed by atoms with Gasteiger partial charge >= 0.3 is 0 Å². The molecule has 1 unspecified atom stereocenters. The van der Waals surface area contributed by atoms with Gasteiger partial charge in [-0.2, -0.15) is 0 Å². The van der Waals surface area contributed by atoms with E-state index in [1.807, 2.05) is 48.5 Å². The standard InChI is InChI=1S/C25H27NO5/c1-28-22-10-9-21(23(29-2)24(22)30-3)20-6-4-5-17-13-18(7-8-19(17)20)25(27)26-14-16-11-12-31-15-16/h4-10,13,16H,11-12,14-15H2,1-3H3,(H,26,27). The Hall–Kier alpha value is -3.25. The lowest BCUT2D eigenvalue weighted by Gasteiger charge is -2.17. The zero-order valence-electron chi connectivity index (χ0n) is 18.1. The average Bonchev–Trinajstić information content (AvgIpc) is 3.34. The van der Waals surface area contributed by atoms with Crippen molar-refractivity contribution in [3.05, 3.63) is 54.1 Å². The molecule has 1 saturated heterocycles. The molecule has 6 heteroatoms. The zero-order chi connectivity index (χ0) is 21.8. The van der Waals surface area contributed by atoms with E-state index in [0.29, 0.717) is 41.9 Å². The van der Waals surface area contributed by atoms with E-state index in [2.05, 4.69) is 5.32 Å². The maximum atomic E-state index is 12.7. The van der Waals surface area contributed by atoms with Crippen molar-refractivity contribution in [3.63, 3.8) is 0 Å². The van der Waals surface area contributed by atoms with Crippen LogP contribution in [-0.2, 0) is 4.74 Å². The maximum absolute atomic E-state index is 12.7. The minimum absolute atomic E-state index is 0.0668. The minimum atomic E-state index is -0.0668. The monoisotopic (exact) mass is 421 g/mol. The van der Waals surface area contributed by atoms with Crippen LogP contribution < -0.4 is 19.5 Å².